The van der Waals surface area contributed by atoms with E-state index >= 15 is 0 Å². The van der Waals surface area contributed by atoms with Gasteiger partial charge in [-0.3, -0.25) is 0 Å². The van der Waals surface area contributed by atoms with Crippen LogP contribution in [0.2, 0.25) is 0 Å². The first-order valence-electron chi connectivity index (χ1n) is 5.75. The van der Waals surface area contributed by atoms with Crippen LogP contribution in [0.4, 0.5) is 0 Å². The zero-order valence-electron chi connectivity index (χ0n) is 9.59. The third-order valence-electron chi connectivity index (χ3n) is 2.75. The molecule has 0 amide bonds. The summed E-state index contributed by atoms with van der Waals surface area (Å²) in [7, 11) is 0. The molecule has 1 fully saturated rings. The van der Waals surface area contributed by atoms with Crippen molar-refractivity contribution in [1.29, 1.82) is 0 Å². The van der Waals surface area contributed by atoms with Crippen LogP contribution in [-0.2, 0) is 0 Å². The van der Waals surface area contributed by atoms with Gasteiger partial charge in [0.25, 0.3) is 0 Å². The van der Waals surface area contributed by atoms with Gasteiger partial charge in [-0.2, -0.15) is 11.8 Å². The number of hydrogen-bond donors (Lipinski definition) is 1. The Labute approximate surface area is 92.8 Å². The summed E-state index contributed by atoms with van der Waals surface area (Å²) in [5, 5.41) is 3.54. The van der Waals surface area contributed by atoms with Crippen molar-refractivity contribution in [3.63, 3.8) is 0 Å². The van der Waals surface area contributed by atoms with E-state index in [1.165, 1.54) is 51.3 Å². The number of hydrogen-bond acceptors (Lipinski definition) is 3. The summed E-state index contributed by atoms with van der Waals surface area (Å²) in [6.45, 7) is 8.54. The molecule has 84 valence electrons. The number of nitrogens with one attached hydrogen (secondary N) is 1. The molecule has 14 heavy (non-hydrogen) atoms. The van der Waals surface area contributed by atoms with Crippen LogP contribution in [0.1, 0.15) is 19.8 Å². The molecule has 0 aromatic carbocycles. The highest BCUT2D eigenvalue weighted by Gasteiger charge is 2.10. The van der Waals surface area contributed by atoms with Gasteiger partial charge in [-0.25, -0.2) is 0 Å². The first kappa shape index (κ1) is 12.3. The third kappa shape index (κ3) is 5.23. The third-order valence-corrected chi connectivity index (χ3v) is 3.65. The predicted molar refractivity (Wildman–Crippen MR) is 66.1 cm³/mol. The Morgan fingerprint density at radius 1 is 1.36 bits per heavy atom. The van der Waals surface area contributed by atoms with Gasteiger partial charge in [0.2, 0.25) is 0 Å². The van der Waals surface area contributed by atoms with Gasteiger partial charge in [-0.05, 0) is 50.4 Å². The molecule has 0 radical (unpaired) electrons. The summed E-state index contributed by atoms with van der Waals surface area (Å²) in [5.74, 6) is 2.08. The maximum absolute atomic E-state index is 3.54. The quantitative estimate of drug-likeness (QED) is 0.652. The van der Waals surface area contributed by atoms with Crippen molar-refractivity contribution in [3.8, 4) is 0 Å². The van der Waals surface area contributed by atoms with Gasteiger partial charge < -0.3 is 10.2 Å². The Morgan fingerprint density at radius 2 is 2.07 bits per heavy atom. The first-order valence-corrected chi connectivity index (χ1v) is 7.14. The van der Waals surface area contributed by atoms with E-state index in [9.17, 15) is 0 Å². The van der Waals surface area contributed by atoms with Crippen LogP contribution < -0.4 is 5.32 Å². The molecule has 1 unspecified atom stereocenters. The number of nitrogens with zero attached hydrogens (tertiary/aromatic N) is 1. The fourth-order valence-corrected chi connectivity index (χ4v) is 2.62. The molecule has 3 heteroatoms. The summed E-state index contributed by atoms with van der Waals surface area (Å²) in [6, 6.07) is 0. The zero-order chi connectivity index (χ0) is 10.2. The van der Waals surface area contributed by atoms with Gasteiger partial charge >= 0.3 is 0 Å². The molecule has 0 aromatic heterocycles. The van der Waals surface area contributed by atoms with E-state index in [0.29, 0.717) is 0 Å². The van der Waals surface area contributed by atoms with Crippen molar-refractivity contribution in [2.75, 3.05) is 44.7 Å². The minimum atomic E-state index is 0.809. The molecular weight excluding hydrogens is 192 g/mol. The van der Waals surface area contributed by atoms with Gasteiger partial charge in [0.15, 0.2) is 0 Å². The topological polar surface area (TPSA) is 15.3 Å². The van der Waals surface area contributed by atoms with Crippen molar-refractivity contribution in [3.05, 3.63) is 0 Å². The lowest BCUT2D eigenvalue weighted by Crippen LogP contribution is -2.32. The van der Waals surface area contributed by atoms with E-state index in [4.69, 9.17) is 0 Å². The van der Waals surface area contributed by atoms with E-state index in [2.05, 4.69) is 23.4 Å². The van der Waals surface area contributed by atoms with Crippen LogP contribution in [0.25, 0.3) is 0 Å². The van der Waals surface area contributed by atoms with Crippen molar-refractivity contribution in [1.82, 2.24) is 10.2 Å². The molecule has 1 aliphatic rings. The molecule has 2 nitrogen and oxygen atoms in total. The molecule has 0 saturated carbocycles. The molecule has 0 aliphatic carbocycles. The zero-order valence-corrected chi connectivity index (χ0v) is 10.4. The van der Waals surface area contributed by atoms with Crippen LogP contribution >= 0.6 is 11.8 Å². The van der Waals surface area contributed by atoms with Crippen LogP contribution in [-0.4, -0.2) is 49.6 Å². The molecule has 1 aliphatic heterocycles. The Kier molecular flexibility index (Phi) is 6.65. The van der Waals surface area contributed by atoms with Crippen LogP contribution in [0, 0.1) is 5.92 Å². The SMILES string of the molecule is CSCC(C)CNCCN1CCCC1. The highest BCUT2D eigenvalue weighted by Crippen LogP contribution is 2.06. The lowest BCUT2D eigenvalue weighted by molar-refractivity contribution is 0.333. The summed E-state index contributed by atoms with van der Waals surface area (Å²) in [6.07, 6.45) is 4.99. The second kappa shape index (κ2) is 7.55. The fraction of sp³-hybridized carbons (Fsp3) is 1.00. The second-order valence-corrected chi connectivity index (χ2v) is 5.22. The van der Waals surface area contributed by atoms with Gasteiger partial charge in [-0.1, -0.05) is 6.92 Å². The van der Waals surface area contributed by atoms with Crippen molar-refractivity contribution >= 4 is 11.8 Å². The normalized spacial score (nSPS) is 20.1. The van der Waals surface area contributed by atoms with Crippen LogP contribution in [0.5, 0.6) is 0 Å². The lowest BCUT2D eigenvalue weighted by Gasteiger charge is -2.16. The molecule has 1 N–H and O–H groups in total. The number of thioether (sulfide) groups is 1. The summed E-state index contributed by atoms with van der Waals surface area (Å²) in [4.78, 5) is 2.56. The summed E-state index contributed by atoms with van der Waals surface area (Å²) >= 11 is 1.94. The summed E-state index contributed by atoms with van der Waals surface area (Å²) < 4.78 is 0. The highest BCUT2D eigenvalue weighted by atomic mass is 32.2. The van der Waals surface area contributed by atoms with E-state index in [0.717, 1.165) is 5.92 Å². The van der Waals surface area contributed by atoms with E-state index in [1.807, 2.05) is 11.8 Å². The monoisotopic (exact) mass is 216 g/mol. The molecule has 0 spiro atoms. The molecule has 1 saturated heterocycles. The van der Waals surface area contributed by atoms with Crippen LogP contribution in [0.3, 0.4) is 0 Å². The average Bonchev–Trinajstić information content (AvgIpc) is 2.65. The van der Waals surface area contributed by atoms with Gasteiger partial charge in [-0.15, -0.1) is 0 Å². The maximum Gasteiger partial charge on any atom is 0.0107 e. The highest BCUT2D eigenvalue weighted by molar-refractivity contribution is 7.98. The fourth-order valence-electron chi connectivity index (χ4n) is 1.94. The molecule has 1 heterocycles. The molecule has 0 bridgehead atoms. The summed E-state index contributed by atoms with van der Waals surface area (Å²) in [5.41, 5.74) is 0. The van der Waals surface area contributed by atoms with Crippen molar-refractivity contribution in [2.45, 2.75) is 19.8 Å². The standard InChI is InChI=1S/C11H24N2S/c1-11(10-14-2)9-12-5-8-13-6-3-4-7-13/h11-12H,3-10H2,1-2H3. The molecule has 1 rings (SSSR count). The maximum atomic E-state index is 3.54. The first-order chi connectivity index (χ1) is 6.83. The lowest BCUT2D eigenvalue weighted by atomic mass is 10.2. The Hall–Kier alpha value is 0.270. The van der Waals surface area contributed by atoms with E-state index < -0.39 is 0 Å². The van der Waals surface area contributed by atoms with Gasteiger partial charge in [0.1, 0.15) is 0 Å². The van der Waals surface area contributed by atoms with Gasteiger partial charge in [0, 0.05) is 13.1 Å². The Bertz CT molecular complexity index is 135. The van der Waals surface area contributed by atoms with E-state index in [1.54, 1.807) is 0 Å². The number of rotatable bonds is 7. The smallest absolute Gasteiger partial charge is 0.0107 e. The average molecular weight is 216 g/mol. The largest absolute Gasteiger partial charge is 0.315 e. The van der Waals surface area contributed by atoms with Crippen molar-refractivity contribution in [2.24, 2.45) is 5.92 Å². The minimum absolute atomic E-state index is 0.809. The molecule has 0 aromatic rings. The van der Waals surface area contributed by atoms with Crippen molar-refractivity contribution < 1.29 is 0 Å². The number of likely N-dealkylation sites (tertiary alicyclic amines) is 1. The second-order valence-electron chi connectivity index (χ2n) is 4.31. The Morgan fingerprint density at radius 3 is 2.71 bits per heavy atom. The molecular formula is C11H24N2S. The van der Waals surface area contributed by atoms with Gasteiger partial charge in [0.05, 0.1) is 0 Å². The predicted octanol–water partition coefficient (Wildman–Crippen LogP) is 1.67. The van der Waals surface area contributed by atoms with Crippen LogP contribution in [0.15, 0.2) is 0 Å². The molecule has 1 atom stereocenters. The Balaban J connectivity index is 1.88. The van der Waals surface area contributed by atoms with E-state index in [-0.39, 0.29) is 0 Å². The minimum Gasteiger partial charge on any atom is -0.315 e.